The SMILES string of the molecule is Cc1cc(C(=O)Nc2nc3cccc(Cl)c3n2C2CCCCN(C(=O)C=CCNC(C)(C)C)C2)ccn1. The van der Waals surface area contributed by atoms with Crippen LogP contribution in [0.1, 0.15) is 62.1 Å². The van der Waals surface area contributed by atoms with Gasteiger partial charge in [0.1, 0.15) is 0 Å². The van der Waals surface area contributed by atoms with E-state index in [9.17, 15) is 9.59 Å². The predicted molar refractivity (Wildman–Crippen MR) is 148 cm³/mol. The monoisotopic (exact) mass is 522 g/mol. The first-order chi connectivity index (χ1) is 17.6. The number of benzene rings is 1. The van der Waals surface area contributed by atoms with Gasteiger partial charge in [0.15, 0.2) is 0 Å². The van der Waals surface area contributed by atoms with Crippen molar-refractivity contribution in [3.8, 4) is 0 Å². The van der Waals surface area contributed by atoms with Gasteiger partial charge in [0, 0.05) is 48.7 Å². The van der Waals surface area contributed by atoms with Gasteiger partial charge < -0.3 is 14.8 Å². The van der Waals surface area contributed by atoms with E-state index in [1.807, 2.05) is 40.7 Å². The van der Waals surface area contributed by atoms with E-state index in [2.05, 4.69) is 36.4 Å². The lowest BCUT2D eigenvalue weighted by Crippen LogP contribution is -2.36. The molecule has 8 nitrogen and oxygen atoms in total. The number of hydrogen-bond donors (Lipinski definition) is 2. The maximum Gasteiger partial charge on any atom is 0.258 e. The Balaban J connectivity index is 1.62. The molecule has 4 rings (SSSR count). The van der Waals surface area contributed by atoms with Gasteiger partial charge in [0.25, 0.3) is 5.91 Å². The fraction of sp³-hybridized carbons (Fsp3) is 0.429. The molecule has 1 saturated heterocycles. The van der Waals surface area contributed by atoms with Crippen molar-refractivity contribution in [1.29, 1.82) is 0 Å². The van der Waals surface area contributed by atoms with Crippen molar-refractivity contribution < 1.29 is 9.59 Å². The summed E-state index contributed by atoms with van der Waals surface area (Å²) in [6.45, 7) is 9.93. The third-order valence-corrected chi connectivity index (χ3v) is 6.68. The third-order valence-electron chi connectivity index (χ3n) is 6.38. The van der Waals surface area contributed by atoms with E-state index in [4.69, 9.17) is 16.6 Å². The van der Waals surface area contributed by atoms with Crippen LogP contribution in [-0.4, -0.2) is 56.4 Å². The van der Waals surface area contributed by atoms with Crippen LogP contribution >= 0.6 is 11.6 Å². The molecule has 1 unspecified atom stereocenters. The van der Waals surface area contributed by atoms with Crippen LogP contribution in [0.2, 0.25) is 5.02 Å². The van der Waals surface area contributed by atoms with Crippen LogP contribution in [0.15, 0.2) is 48.7 Å². The van der Waals surface area contributed by atoms with E-state index in [-0.39, 0.29) is 23.4 Å². The first-order valence-corrected chi connectivity index (χ1v) is 13.1. The molecule has 2 aromatic heterocycles. The van der Waals surface area contributed by atoms with Crippen LogP contribution < -0.4 is 10.6 Å². The molecule has 3 aromatic rings. The van der Waals surface area contributed by atoms with E-state index in [0.29, 0.717) is 41.7 Å². The van der Waals surface area contributed by atoms with Crippen LogP contribution in [0.25, 0.3) is 11.0 Å². The lowest BCUT2D eigenvalue weighted by Gasteiger charge is -2.26. The van der Waals surface area contributed by atoms with Gasteiger partial charge in [-0.15, -0.1) is 0 Å². The molecule has 196 valence electrons. The molecule has 0 radical (unpaired) electrons. The quantitative estimate of drug-likeness (QED) is 0.437. The molecule has 1 aliphatic rings. The largest absolute Gasteiger partial charge is 0.337 e. The molecule has 3 heterocycles. The van der Waals surface area contributed by atoms with Crippen molar-refractivity contribution in [2.45, 2.75) is 58.5 Å². The van der Waals surface area contributed by atoms with Crippen LogP contribution in [-0.2, 0) is 4.79 Å². The summed E-state index contributed by atoms with van der Waals surface area (Å²) in [7, 11) is 0. The number of para-hydroxylation sites is 1. The molecule has 1 aromatic carbocycles. The predicted octanol–water partition coefficient (Wildman–Crippen LogP) is 5.14. The minimum absolute atomic E-state index is 0.0152. The molecule has 1 aliphatic heterocycles. The Bertz CT molecular complexity index is 1310. The average Bonchev–Trinajstić information content (AvgIpc) is 3.03. The smallest absolute Gasteiger partial charge is 0.258 e. The number of carbonyl (C=O) groups excluding carboxylic acids is 2. The normalized spacial score (nSPS) is 16.8. The summed E-state index contributed by atoms with van der Waals surface area (Å²) in [5, 5.41) is 6.91. The summed E-state index contributed by atoms with van der Waals surface area (Å²) in [5.74, 6) is 0.136. The van der Waals surface area contributed by atoms with Crippen LogP contribution in [0.3, 0.4) is 0 Å². The zero-order chi connectivity index (χ0) is 26.6. The molecule has 37 heavy (non-hydrogen) atoms. The number of imidazole rings is 1. The van der Waals surface area contributed by atoms with Crippen LogP contribution in [0.4, 0.5) is 5.95 Å². The van der Waals surface area contributed by atoms with E-state index < -0.39 is 0 Å². The number of aryl methyl sites for hydroxylation is 1. The third kappa shape index (κ3) is 6.76. The van der Waals surface area contributed by atoms with Gasteiger partial charge in [-0.25, -0.2) is 4.98 Å². The van der Waals surface area contributed by atoms with Gasteiger partial charge in [-0.3, -0.25) is 19.9 Å². The van der Waals surface area contributed by atoms with Gasteiger partial charge in [-0.2, -0.15) is 0 Å². The molecule has 0 spiro atoms. The molecule has 0 aliphatic carbocycles. The number of pyridine rings is 1. The second-order valence-corrected chi connectivity index (χ2v) is 10.9. The highest BCUT2D eigenvalue weighted by molar-refractivity contribution is 6.35. The van der Waals surface area contributed by atoms with Crippen molar-refractivity contribution in [1.82, 2.24) is 24.8 Å². The Kier molecular flexibility index (Phi) is 8.29. The molecule has 0 bridgehead atoms. The Morgan fingerprint density at radius 2 is 2.03 bits per heavy atom. The Labute approximate surface area is 223 Å². The summed E-state index contributed by atoms with van der Waals surface area (Å²) in [5.41, 5.74) is 2.70. The maximum atomic E-state index is 13.1. The summed E-state index contributed by atoms with van der Waals surface area (Å²) < 4.78 is 2.00. The number of carbonyl (C=O) groups is 2. The zero-order valence-corrected chi connectivity index (χ0v) is 22.7. The van der Waals surface area contributed by atoms with Gasteiger partial charge in [-0.1, -0.05) is 23.7 Å². The van der Waals surface area contributed by atoms with Gasteiger partial charge in [-0.05, 0) is 71.2 Å². The molecule has 2 N–H and O–H groups in total. The van der Waals surface area contributed by atoms with E-state index in [1.165, 1.54) is 0 Å². The molecule has 0 saturated carbocycles. The standard InChI is InChI=1S/C28H35ClN6O2/c1-19-17-20(13-15-30-19)26(37)33-27-32-23-11-7-10-22(29)25(23)35(27)21-9-5-6-16-34(18-21)24(36)12-8-14-31-28(2,3)4/h7-8,10-13,15,17,21,31H,5-6,9,14,16,18H2,1-4H3,(H,32,33,37). The van der Waals surface area contributed by atoms with Crippen LogP contribution in [0.5, 0.6) is 0 Å². The van der Waals surface area contributed by atoms with Gasteiger partial charge in [0.05, 0.1) is 22.1 Å². The molecule has 1 atom stereocenters. The summed E-state index contributed by atoms with van der Waals surface area (Å²) in [6, 6.07) is 8.88. The highest BCUT2D eigenvalue weighted by Gasteiger charge is 2.27. The molecular weight excluding hydrogens is 488 g/mol. The lowest BCUT2D eigenvalue weighted by molar-refractivity contribution is -0.126. The number of fused-ring (bicyclic) bond motifs is 1. The number of hydrogen-bond acceptors (Lipinski definition) is 5. The van der Waals surface area contributed by atoms with Crippen LogP contribution in [0, 0.1) is 6.92 Å². The summed E-state index contributed by atoms with van der Waals surface area (Å²) in [4.78, 5) is 37.0. The zero-order valence-electron chi connectivity index (χ0n) is 21.9. The number of rotatable bonds is 6. The van der Waals surface area contributed by atoms with Gasteiger partial charge >= 0.3 is 0 Å². The van der Waals surface area contributed by atoms with Gasteiger partial charge in [0.2, 0.25) is 11.9 Å². The number of aromatic nitrogens is 3. The van der Waals surface area contributed by atoms with E-state index in [0.717, 1.165) is 30.5 Å². The van der Waals surface area contributed by atoms with Crippen molar-refractivity contribution in [2.75, 3.05) is 25.0 Å². The highest BCUT2D eigenvalue weighted by atomic mass is 35.5. The topological polar surface area (TPSA) is 92.2 Å². The van der Waals surface area contributed by atoms with E-state index >= 15 is 0 Å². The Morgan fingerprint density at radius 1 is 1.22 bits per heavy atom. The molecule has 2 amide bonds. The summed E-state index contributed by atoms with van der Waals surface area (Å²) in [6.07, 6.45) is 7.84. The molecular formula is C28H35ClN6O2. The second kappa shape index (κ2) is 11.4. The number of nitrogens with one attached hydrogen (secondary N) is 2. The highest BCUT2D eigenvalue weighted by Crippen LogP contribution is 2.34. The number of halogens is 1. The fourth-order valence-electron chi connectivity index (χ4n) is 4.57. The number of amides is 2. The number of nitrogens with zero attached hydrogens (tertiary/aromatic N) is 4. The van der Waals surface area contributed by atoms with Crippen molar-refractivity contribution >= 4 is 40.4 Å². The molecule has 1 fully saturated rings. The summed E-state index contributed by atoms with van der Waals surface area (Å²) >= 11 is 6.65. The first kappa shape index (κ1) is 26.8. The average molecular weight is 523 g/mol. The Hall–Kier alpha value is -3.23. The lowest BCUT2D eigenvalue weighted by atomic mass is 10.1. The van der Waals surface area contributed by atoms with Crippen molar-refractivity contribution in [3.63, 3.8) is 0 Å². The number of anilines is 1. The van der Waals surface area contributed by atoms with Crippen molar-refractivity contribution in [2.24, 2.45) is 0 Å². The Morgan fingerprint density at radius 3 is 2.78 bits per heavy atom. The van der Waals surface area contributed by atoms with Crippen molar-refractivity contribution in [3.05, 3.63) is 65.0 Å². The minimum Gasteiger partial charge on any atom is -0.337 e. The first-order valence-electron chi connectivity index (χ1n) is 12.7. The molecule has 9 heteroatoms. The van der Waals surface area contributed by atoms with E-state index in [1.54, 1.807) is 24.4 Å². The minimum atomic E-state index is -0.269. The number of likely N-dealkylation sites (tertiary alicyclic amines) is 1. The fourth-order valence-corrected chi connectivity index (χ4v) is 4.83. The second-order valence-electron chi connectivity index (χ2n) is 10.5. The maximum absolute atomic E-state index is 13.1.